The summed E-state index contributed by atoms with van der Waals surface area (Å²) in [7, 11) is 0. The van der Waals surface area contributed by atoms with Crippen LogP contribution >= 0.6 is 23.7 Å². The van der Waals surface area contributed by atoms with Crippen LogP contribution in [-0.4, -0.2) is 21.8 Å². The number of ketones is 1. The number of benzene rings is 1. The van der Waals surface area contributed by atoms with Gasteiger partial charge in [0.25, 0.3) is 5.91 Å². The van der Waals surface area contributed by atoms with Gasteiger partial charge in [-0.25, -0.2) is 4.98 Å². The van der Waals surface area contributed by atoms with E-state index in [2.05, 4.69) is 4.98 Å². The van der Waals surface area contributed by atoms with Crippen LogP contribution in [0.25, 0.3) is 10.2 Å². The van der Waals surface area contributed by atoms with Crippen molar-refractivity contribution in [1.82, 2.24) is 4.98 Å². The van der Waals surface area contributed by atoms with E-state index in [1.807, 2.05) is 25.1 Å². The molecule has 1 aliphatic rings. The summed E-state index contributed by atoms with van der Waals surface area (Å²) in [5.74, 6) is -0.918. The van der Waals surface area contributed by atoms with E-state index >= 15 is 0 Å². The molecule has 9 heteroatoms. The molecule has 0 bridgehead atoms. The second-order valence-corrected chi connectivity index (χ2v) is 8.07. The number of hydrogen-bond donors (Lipinski definition) is 1. The molecule has 0 fully saturated rings. The molecule has 158 valence electrons. The van der Waals surface area contributed by atoms with E-state index in [4.69, 9.17) is 8.83 Å². The highest BCUT2D eigenvalue weighted by Gasteiger charge is 2.47. The van der Waals surface area contributed by atoms with Crippen molar-refractivity contribution in [2.45, 2.75) is 19.9 Å². The van der Waals surface area contributed by atoms with E-state index in [-0.39, 0.29) is 23.7 Å². The summed E-state index contributed by atoms with van der Waals surface area (Å²) in [5.41, 5.74) is 1.70. The first kappa shape index (κ1) is 20.9. The number of Topliss-reactive ketones (excluding diaryl/α,β-unsaturated/α-hetero) is 1. The number of halogens is 1. The van der Waals surface area contributed by atoms with E-state index in [9.17, 15) is 14.7 Å². The van der Waals surface area contributed by atoms with Gasteiger partial charge in [0.1, 0.15) is 17.6 Å². The van der Waals surface area contributed by atoms with Gasteiger partial charge in [-0.1, -0.05) is 17.4 Å². The van der Waals surface area contributed by atoms with E-state index in [0.29, 0.717) is 16.7 Å². The molecule has 0 spiro atoms. The van der Waals surface area contributed by atoms with Gasteiger partial charge in [-0.05, 0) is 55.8 Å². The molecular weight excluding hydrogens is 440 g/mol. The lowest BCUT2D eigenvalue weighted by molar-refractivity contribution is -0.117. The van der Waals surface area contributed by atoms with Crippen LogP contribution in [0.4, 0.5) is 5.13 Å². The number of fused-ring (bicyclic) bond motifs is 1. The Hall–Kier alpha value is -3.36. The second-order valence-electron chi connectivity index (χ2n) is 7.06. The Balaban J connectivity index is 0.00000231. The normalized spacial score (nSPS) is 16.3. The lowest BCUT2D eigenvalue weighted by Gasteiger charge is -2.21. The largest absolute Gasteiger partial charge is 0.503 e. The van der Waals surface area contributed by atoms with Crippen LogP contribution in [0.3, 0.4) is 0 Å². The summed E-state index contributed by atoms with van der Waals surface area (Å²) in [6, 6.07) is 11.3. The van der Waals surface area contributed by atoms with Gasteiger partial charge in [-0.15, -0.1) is 12.4 Å². The zero-order valence-corrected chi connectivity index (χ0v) is 18.1. The number of rotatable bonds is 4. The molecule has 31 heavy (non-hydrogen) atoms. The fourth-order valence-corrected chi connectivity index (χ4v) is 4.66. The average Bonchev–Trinajstić information content (AvgIpc) is 3.49. The van der Waals surface area contributed by atoms with Crippen molar-refractivity contribution >= 4 is 50.8 Å². The van der Waals surface area contributed by atoms with E-state index in [1.54, 1.807) is 25.1 Å². The standard InChI is InChI=1S/C22H16N2O5S.ClH/c1-11-5-7-13-16(10-11)30-22(23-13)24-18(14-8-6-12(2)29-14)17(20(26)21(24)27)19(25)15-4-3-9-28-15;/h3-10,18,26H,1-2H3;1H. The first-order chi connectivity index (χ1) is 14.4. The zero-order valence-electron chi connectivity index (χ0n) is 16.5. The van der Waals surface area contributed by atoms with Crippen molar-refractivity contribution < 1.29 is 23.5 Å². The monoisotopic (exact) mass is 456 g/mol. The van der Waals surface area contributed by atoms with Crippen LogP contribution in [0.1, 0.15) is 33.7 Å². The Morgan fingerprint density at radius 3 is 2.68 bits per heavy atom. The minimum absolute atomic E-state index is 0. The topological polar surface area (TPSA) is 96.8 Å². The molecule has 4 heterocycles. The van der Waals surface area contributed by atoms with Crippen LogP contribution in [0.5, 0.6) is 0 Å². The Morgan fingerprint density at radius 2 is 2.00 bits per heavy atom. The summed E-state index contributed by atoms with van der Waals surface area (Å²) >= 11 is 1.31. The quantitative estimate of drug-likeness (QED) is 0.418. The highest BCUT2D eigenvalue weighted by atomic mass is 35.5. The second kappa shape index (κ2) is 7.72. The summed E-state index contributed by atoms with van der Waals surface area (Å²) in [4.78, 5) is 32.1. The van der Waals surface area contributed by atoms with Crippen molar-refractivity contribution in [2.24, 2.45) is 0 Å². The molecule has 1 N–H and O–H groups in total. The number of aliphatic hydroxyl groups is 1. The molecule has 4 aromatic rings. The van der Waals surface area contributed by atoms with Gasteiger partial charge in [0.05, 0.1) is 22.1 Å². The minimum Gasteiger partial charge on any atom is -0.503 e. The van der Waals surface area contributed by atoms with Gasteiger partial charge in [0, 0.05) is 0 Å². The number of hydrogen-bond acceptors (Lipinski definition) is 7. The number of aromatic nitrogens is 1. The van der Waals surface area contributed by atoms with Crippen LogP contribution in [0.15, 0.2) is 68.9 Å². The van der Waals surface area contributed by atoms with E-state index in [1.165, 1.54) is 28.6 Å². The van der Waals surface area contributed by atoms with Gasteiger partial charge in [-0.3, -0.25) is 14.5 Å². The number of nitrogens with zero attached hydrogens (tertiary/aromatic N) is 2. The van der Waals surface area contributed by atoms with Crippen LogP contribution < -0.4 is 4.90 Å². The number of anilines is 1. The number of amides is 1. The van der Waals surface area contributed by atoms with E-state index < -0.39 is 23.5 Å². The Labute approximate surface area is 187 Å². The van der Waals surface area contributed by atoms with Gasteiger partial charge in [0.2, 0.25) is 5.78 Å². The lowest BCUT2D eigenvalue weighted by atomic mass is 10.00. The highest BCUT2D eigenvalue weighted by molar-refractivity contribution is 7.22. The predicted molar refractivity (Wildman–Crippen MR) is 118 cm³/mol. The van der Waals surface area contributed by atoms with Gasteiger partial charge in [0.15, 0.2) is 16.7 Å². The number of carbonyl (C=O) groups is 2. The van der Waals surface area contributed by atoms with E-state index in [0.717, 1.165) is 15.8 Å². The molecule has 0 radical (unpaired) electrons. The molecule has 1 unspecified atom stereocenters. The Bertz CT molecular complexity index is 1340. The summed E-state index contributed by atoms with van der Waals surface area (Å²) < 4.78 is 11.9. The minimum atomic E-state index is -0.953. The Kier molecular flexibility index (Phi) is 5.20. The first-order valence-electron chi connectivity index (χ1n) is 9.22. The maximum atomic E-state index is 13.1. The number of aryl methyl sites for hydroxylation is 2. The summed E-state index contributed by atoms with van der Waals surface area (Å²) in [6.45, 7) is 3.74. The zero-order chi connectivity index (χ0) is 21.0. The average molecular weight is 457 g/mol. The molecule has 3 aromatic heterocycles. The van der Waals surface area contributed by atoms with Crippen molar-refractivity contribution in [3.05, 3.63) is 82.9 Å². The third-order valence-corrected chi connectivity index (χ3v) is 5.98. The molecule has 1 aliphatic heterocycles. The van der Waals surface area contributed by atoms with Crippen molar-refractivity contribution in [3.8, 4) is 0 Å². The van der Waals surface area contributed by atoms with Crippen LogP contribution in [0.2, 0.25) is 0 Å². The maximum absolute atomic E-state index is 13.1. The highest BCUT2D eigenvalue weighted by Crippen LogP contribution is 2.44. The van der Waals surface area contributed by atoms with Gasteiger partial charge in [-0.2, -0.15) is 0 Å². The predicted octanol–water partition coefficient (Wildman–Crippen LogP) is 5.30. The molecule has 0 saturated carbocycles. The van der Waals surface area contributed by atoms with Crippen molar-refractivity contribution in [3.63, 3.8) is 0 Å². The first-order valence-corrected chi connectivity index (χ1v) is 10.0. The van der Waals surface area contributed by atoms with Crippen LogP contribution in [0, 0.1) is 13.8 Å². The Morgan fingerprint density at radius 1 is 1.19 bits per heavy atom. The summed E-state index contributed by atoms with van der Waals surface area (Å²) in [6.07, 6.45) is 1.36. The summed E-state index contributed by atoms with van der Waals surface area (Å²) in [5, 5.41) is 11.0. The number of furan rings is 2. The van der Waals surface area contributed by atoms with Gasteiger partial charge < -0.3 is 13.9 Å². The molecular formula is C22H17ClN2O5S. The molecule has 1 atom stereocenters. The smallest absolute Gasteiger partial charge is 0.296 e. The SMILES string of the molecule is Cc1ccc2nc(N3C(=O)C(O)=C(C(=O)c4ccco4)C3c3ccc(C)o3)sc2c1.Cl. The number of thiazole rings is 1. The molecule has 1 amide bonds. The lowest BCUT2D eigenvalue weighted by Crippen LogP contribution is -2.30. The van der Waals surface area contributed by atoms with Crippen molar-refractivity contribution in [1.29, 1.82) is 0 Å². The number of carbonyl (C=O) groups excluding carboxylic acids is 2. The fourth-order valence-electron chi connectivity index (χ4n) is 3.57. The fraction of sp³-hybridized carbons (Fsp3) is 0.136. The molecule has 5 rings (SSSR count). The van der Waals surface area contributed by atoms with Crippen LogP contribution in [-0.2, 0) is 4.79 Å². The number of aliphatic hydroxyl groups excluding tert-OH is 1. The molecule has 7 nitrogen and oxygen atoms in total. The molecule has 0 saturated heterocycles. The third-order valence-electron chi connectivity index (χ3n) is 4.97. The molecule has 1 aromatic carbocycles. The van der Waals surface area contributed by atoms with Crippen molar-refractivity contribution in [2.75, 3.05) is 4.90 Å². The molecule has 0 aliphatic carbocycles. The van der Waals surface area contributed by atoms with Gasteiger partial charge >= 0.3 is 0 Å². The maximum Gasteiger partial charge on any atom is 0.296 e. The third kappa shape index (κ3) is 3.34.